The summed E-state index contributed by atoms with van der Waals surface area (Å²) in [5.41, 5.74) is 0.143. The van der Waals surface area contributed by atoms with Crippen LogP contribution in [0.25, 0.3) is 0 Å². The summed E-state index contributed by atoms with van der Waals surface area (Å²) in [6.07, 6.45) is 4.40. The monoisotopic (exact) mass is 308 g/mol. The van der Waals surface area contributed by atoms with Crippen LogP contribution in [0.5, 0.6) is 0 Å². The van der Waals surface area contributed by atoms with Gasteiger partial charge in [0.25, 0.3) is 0 Å². The Morgan fingerprint density at radius 1 is 1.23 bits per heavy atom. The number of carbonyl (C=O) groups is 1. The van der Waals surface area contributed by atoms with E-state index in [0.29, 0.717) is 12.0 Å². The molecule has 1 aromatic rings. The minimum atomic E-state index is -0.902. The van der Waals surface area contributed by atoms with Crippen molar-refractivity contribution >= 4 is 5.91 Å². The highest BCUT2D eigenvalue weighted by atomic mass is 19.2. The first-order valence-corrected chi connectivity index (χ1v) is 8.09. The van der Waals surface area contributed by atoms with Gasteiger partial charge in [-0.3, -0.25) is 4.79 Å². The molecule has 2 aliphatic heterocycles. The van der Waals surface area contributed by atoms with Gasteiger partial charge in [0.1, 0.15) is 0 Å². The maximum absolute atomic E-state index is 13.6. The molecule has 2 saturated heterocycles. The van der Waals surface area contributed by atoms with Crippen molar-refractivity contribution in [3.8, 4) is 0 Å². The van der Waals surface area contributed by atoms with Crippen LogP contribution in [0.2, 0.25) is 0 Å². The zero-order valence-corrected chi connectivity index (χ0v) is 12.7. The summed E-state index contributed by atoms with van der Waals surface area (Å²) in [6, 6.07) is 4.59. The molecule has 1 atom stereocenters. The second kappa shape index (κ2) is 6.73. The number of hydrogen-bond donors (Lipinski definition) is 1. The lowest BCUT2D eigenvalue weighted by Gasteiger charge is -2.35. The van der Waals surface area contributed by atoms with Gasteiger partial charge in [-0.15, -0.1) is 0 Å². The van der Waals surface area contributed by atoms with Crippen molar-refractivity contribution in [2.45, 2.75) is 38.1 Å². The van der Waals surface area contributed by atoms with Crippen LogP contribution in [0.3, 0.4) is 0 Å². The van der Waals surface area contributed by atoms with Crippen LogP contribution in [0.4, 0.5) is 8.78 Å². The topological polar surface area (TPSA) is 32.3 Å². The Morgan fingerprint density at radius 3 is 2.68 bits per heavy atom. The highest BCUT2D eigenvalue weighted by molar-refractivity contribution is 5.78. The SMILES string of the molecule is O=C(Cc1cccc(F)c1F)N1CCC(C2CCCN2)CC1. The van der Waals surface area contributed by atoms with Gasteiger partial charge in [0.2, 0.25) is 5.91 Å². The molecule has 1 N–H and O–H groups in total. The normalized spacial score (nSPS) is 23.0. The van der Waals surface area contributed by atoms with Gasteiger partial charge in [0, 0.05) is 24.7 Å². The average molecular weight is 308 g/mol. The molecular formula is C17H22F2N2O. The fraction of sp³-hybridized carbons (Fsp3) is 0.588. The molecule has 1 aromatic carbocycles. The van der Waals surface area contributed by atoms with Crippen molar-refractivity contribution in [3.63, 3.8) is 0 Å². The van der Waals surface area contributed by atoms with E-state index in [1.807, 2.05) is 0 Å². The van der Waals surface area contributed by atoms with Crippen molar-refractivity contribution in [3.05, 3.63) is 35.4 Å². The summed E-state index contributed by atoms with van der Waals surface area (Å²) in [6.45, 7) is 2.54. The van der Waals surface area contributed by atoms with Gasteiger partial charge in [-0.25, -0.2) is 8.78 Å². The van der Waals surface area contributed by atoms with E-state index in [1.54, 1.807) is 4.90 Å². The highest BCUT2D eigenvalue weighted by Gasteiger charge is 2.30. The van der Waals surface area contributed by atoms with E-state index in [9.17, 15) is 13.6 Å². The summed E-state index contributed by atoms with van der Waals surface area (Å²) >= 11 is 0. The quantitative estimate of drug-likeness (QED) is 0.930. The standard InChI is InChI=1S/C17H22F2N2O/c18-14-4-1-3-13(17(14)19)11-16(22)21-9-6-12(7-10-21)15-5-2-8-20-15/h1,3-4,12,15,20H,2,5-11H2. The number of benzene rings is 1. The predicted molar refractivity (Wildman–Crippen MR) is 80.4 cm³/mol. The number of nitrogens with zero attached hydrogens (tertiary/aromatic N) is 1. The Labute approximate surface area is 129 Å². The molecule has 0 saturated carbocycles. The van der Waals surface area contributed by atoms with Gasteiger partial charge < -0.3 is 10.2 Å². The number of amides is 1. The van der Waals surface area contributed by atoms with Gasteiger partial charge in [-0.2, -0.15) is 0 Å². The van der Waals surface area contributed by atoms with E-state index >= 15 is 0 Å². The summed E-state index contributed by atoms with van der Waals surface area (Å²) < 4.78 is 26.8. The van der Waals surface area contributed by atoms with Crippen molar-refractivity contribution in [2.75, 3.05) is 19.6 Å². The maximum atomic E-state index is 13.6. The Balaban J connectivity index is 1.54. The van der Waals surface area contributed by atoms with Gasteiger partial charge in [0.15, 0.2) is 11.6 Å². The van der Waals surface area contributed by atoms with Gasteiger partial charge in [-0.1, -0.05) is 12.1 Å². The number of rotatable bonds is 3. The van der Waals surface area contributed by atoms with E-state index in [4.69, 9.17) is 0 Å². The molecule has 22 heavy (non-hydrogen) atoms. The third kappa shape index (κ3) is 3.29. The first kappa shape index (κ1) is 15.4. The lowest BCUT2D eigenvalue weighted by Crippen LogP contribution is -2.43. The summed E-state index contributed by atoms with van der Waals surface area (Å²) in [5, 5.41) is 3.53. The maximum Gasteiger partial charge on any atom is 0.227 e. The van der Waals surface area contributed by atoms with Crippen molar-refractivity contribution < 1.29 is 13.6 Å². The molecule has 0 aliphatic carbocycles. The molecule has 1 unspecified atom stereocenters. The Bertz CT molecular complexity index is 535. The largest absolute Gasteiger partial charge is 0.342 e. The molecule has 2 heterocycles. The Kier molecular flexibility index (Phi) is 4.71. The van der Waals surface area contributed by atoms with Crippen LogP contribution in [0.1, 0.15) is 31.2 Å². The van der Waals surface area contributed by atoms with Crippen LogP contribution in [-0.2, 0) is 11.2 Å². The summed E-state index contributed by atoms with van der Waals surface area (Å²) in [7, 11) is 0. The fourth-order valence-corrected chi connectivity index (χ4v) is 3.62. The molecule has 3 rings (SSSR count). The van der Waals surface area contributed by atoms with Crippen molar-refractivity contribution in [1.29, 1.82) is 0 Å². The second-order valence-electron chi connectivity index (χ2n) is 6.31. The van der Waals surface area contributed by atoms with Gasteiger partial charge >= 0.3 is 0 Å². The van der Waals surface area contributed by atoms with Crippen molar-refractivity contribution in [2.24, 2.45) is 5.92 Å². The van der Waals surface area contributed by atoms with Gasteiger partial charge in [-0.05, 0) is 44.2 Å². The first-order valence-electron chi connectivity index (χ1n) is 8.09. The number of carbonyl (C=O) groups excluding carboxylic acids is 1. The zero-order valence-electron chi connectivity index (χ0n) is 12.7. The third-order valence-electron chi connectivity index (χ3n) is 4.93. The molecule has 0 bridgehead atoms. The first-order chi connectivity index (χ1) is 10.6. The minimum Gasteiger partial charge on any atom is -0.342 e. The number of nitrogens with one attached hydrogen (secondary N) is 1. The number of piperidine rings is 1. The molecular weight excluding hydrogens is 286 g/mol. The molecule has 120 valence electrons. The lowest BCUT2D eigenvalue weighted by atomic mass is 9.88. The van der Waals surface area contributed by atoms with Gasteiger partial charge in [0.05, 0.1) is 6.42 Å². The molecule has 0 radical (unpaired) electrons. The molecule has 1 amide bonds. The Hall–Kier alpha value is -1.49. The number of hydrogen-bond acceptors (Lipinski definition) is 2. The molecule has 2 fully saturated rings. The van der Waals surface area contributed by atoms with E-state index in [-0.39, 0.29) is 17.9 Å². The van der Waals surface area contributed by atoms with Crippen LogP contribution in [0.15, 0.2) is 18.2 Å². The molecule has 0 aromatic heterocycles. The average Bonchev–Trinajstić information content (AvgIpc) is 3.06. The fourth-order valence-electron chi connectivity index (χ4n) is 3.62. The molecule has 2 aliphatic rings. The minimum absolute atomic E-state index is 0.0596. The summed E-state index contributed by atoms with van der Waals surface area (Å²) in [5.74, 6) is -1.27. The van der Waals surface area contributed by atoms with E-state index < -0.39 is 11.6 Å². The van der Waals surface area contributed by atoms with Crippen LogP contribution < -0.4 is 5.32 Å². The number of halogens is 2. The Morgan fingerprint density at radius 2 is 2.00 bits per heavy atom. The van der Waals surface area contributed by atoms with E-state index in [0.717, 1.165) is 38.5 Å². The molecule has 0 spiro atoms. The number of likely N-dealkylation sites (tertiary alicyclic amines) is 1. The van der Waals surface area contributed by atoms with Crippen LogP contribution in [-0.4, -0.2) is 36.5 Å². The van der Waals surface area contributed by atoms with Crippen LogP contribution in [0, 0.1) is 17.6 Å². The lowest BCUT2D eigenvalue weighted by molar-refractivity contribution is -0.132. The third-order valence-corrected chi connectivity index (χ3v) is 4.93. The predicted octanol–water partition coefficient (Wildman–Crippen LogP) is 2.50. The van der Waals surface area contributed by atoms with Crippen LogP contribution >= 0.6 is 0 Å². The molecule has 3 nitrogen and oxygen atoms in total. The molecule has 5 heteroatoms. The smallest absolute Gasteiger partial charge is 0.227 e. The summed E-state index contributed by atoms with van der Waals surface area (Å²) in [4.78, 5) is 14.1. The van der Waals surface area contributed by atoms with E-state index in [2.05, 4.69) is 5.32 Å². The second-order valence-corrected chi connectivity index (χ2v) is 6.31. The zero-order chi connectivity index (χ0) is 15.5. The van der Waals surface area contributed by atoms with Crippen molar-refractivity contribution in [1.82, 2.24) is 10.2 Å². The highest BCUT2D eigenvalue weighted by Crippen LogP contribution is 2.26. The van der Waals surface area contributed by atoms with E-state index in [1.165, 1.54) is 25.0 Å².